The summed E-state index contributed by atoms with van der Waals surface area (Å²) in [6, 6.07) is 5.79. The molecule has 1 atom stereocenters. The molecular weight excluding hydrogens is 482 g/mol. The van der Waals surface area contributed by atoms with Crippen LogP contribution in [0.4, 0.5) is 39.5 Å². The summed E-state index contributed by atoms with van der Waals surface area (Å²) in [6.45, 7) is 0. The van der Waals surface area contributed by atoms with Gasteiger partial charge in [-0.1, -0.05) is 34.7 Å². The first-order chi connectivity index (χ1) is 11.2. The second-order valence-electron chi connectivity index (χ2n) is 5.20. The average Bonchev–Trinajstić information content (AvgIpc) is 2.45. The van der Waals surface area contributed by atoms with Crippen LogP contribution in [-0.4, -0.2) is 35.0 Å². The highest BCUT2D eigenvalue weighted by Gasteiger charge is 2.81. The lowest BCUT2D eigenvalue weighted by molar-refractivity contribution is -0.396. The Morgan fingerprint density at radius 3 is 1.76 bits per heavy atom. The maximum atomic E-state index is 13.5. The van der Waals surface area contributed by atoms with Crippen LogP contribution in [0, 0.1) is 0 Å². The molecule has 0 amide bonds. The largest absolute Gasteiger partial charge is 0.497 e. The SMILES string of the molecule is COc1ccc(CC(I)CC(F)(F)C(F)(F)C(F)(F)C(F)(F)F)cc1. The molecule has 0 saturated carbocycles. The van der Waals surface area contributed by atoms with Gasteiger partial charge in [-0.05, 0) is 24.1 Å². The molecule has 1 rings (SSSR count). The summed E-state index contributed by atoms with van der Waals surface area (Å²) in [5, 5.41) is 0. The normalized spacial score (nSPS) is 15.2. The van der Waals surface area contributed by atoms with E-state index in [1.807, 2.05) is 0 Å². The highest BCUT2D eigenvalue weighted by atomic mass is 127. The van der Waals surface area contributed by atoms with Crippen molar-refractivity contribution in [2.24, 2.45) is 0 Å². The third kappa shape index (κ3) is 4.64. The van der Waals surface area contributed by atoms with Gasteiger partial charge in [0, 0.05) is 10.3 Å². The summed E-state index contributed by atoms with van der Waals surface area (Å²) in [5.41, 5.74) is 0.405. The Kier molecular flexibility index (Phi) is 6.55. The number of alkyl halides is 10. The van der Waals surface area contributed by atoms with Gasteiger partial charge in [0.15, 0.2) is 0 Å². The van der Waals surface area contributed by atoms with Gasteiger partial charge >= 0.3 is 23.9 Å². The van der Waals surface area contributed by atoms with Gasteiger partial charge in [-0.3, -0.25) is 0 Å². The van der Waals surface area contributed by atoms with Crippen LogP contribution in [0.2, 0.25) is 0 Å². The Morgan fingerprint density at radius 2 is 1.36 bits per heavy atom. The van der Waals surface area contributed by atoms with Gasteiger partial charge in [0.05, 0.1) is 7.11 Å². The molecule has 0 aliphatic rings. The van der Waals surface area contributed by atoms with E-state index in [9.17, 15) is 39.5 Å². The first-order valence-electron chi connectivity index (χ1n) is 6.63. The highest BCUT2D eigenvalue weighted by molar-refractivity contribution is 14.1. The summed E-state index contributed by atoms with van der Waals surface area (Å²) in [5.74, 6) is -18.5. The van der Waals surface area contributed by atoms with Gasteiger partial charge in [0.2, 0.25) is 0 Å². The smallest absolute Gasteiger partial charge is 0.460 e. The number of ether oxygens (including phenoxy) is 1. The second kappa shape index (κ2) is 7.39. The Morgan fingerprint density at radius 1 is 0.880 bits per heavy atom. The Labute approximate surface area is 150 Å². The van der Waals surface area contributed by atoms with Crippen molar-refractivity contribution in [3.05, 3.63) is 29.8 Å². The minimum absolute atomic E-state index is 0.228. The quantitative estimate of drug-likeness (QED) is 0.261. The van der Waals surface area contributed by atoms with Gasteiger partial charge in [-0.2, -0.15) is 39.5 Å². The zero-order chi connectivity index (χ0) is 19.7. The van der Waals surface area contributed by atoms with E-state index in [1.165, 1.54) is 54.0 Å². The van der Waals surface area contributed by atoms with Gasteiger partial charge < -0.3 is 4.74 Å². The molecule has 0 heterocycles. The molecule has 0 fully saturated rings. The summed E-state index contributed by atoms with van der Waals surface area (Å²) in [4.78, 5) is 0. The van der Waals surface area contributed by atoms with Crippen molar-refractivity contribution >= 4 is 22.6 Å². The number of methoxy groups -OCH3 is 1. The minimum atomic E-state index is -6.85. The van der Waals surface area contributed by atoms with Gasteiger partial charge in [-0.25, -0.2) is 0 Å². The summed E-state index contributed by atoms with van der Waals surface area (Å²) >= 11 is 1.31. The lowest BCUT2D eigenvalue weighted by Crippen LogP contribution is -2.61. The first kappa shape index (κ1) is 22.2. The molecule has 0 radical (unpaired) electrons. The number of benzene rings is 1. The van der Waals surface area contributed by atoms with Gasteiger partial charge in [-0.15, -0.1) is 0 Å². The molecular formula is C14H12F9IO. The topological polar surface area (TPSA) is 9.23 Å². The van der Waals surface area contributed by atoms with E-state index in [2.05, 4.69) is 0 Å². The van der Waals surface area contributed by atoms with Crippen LogP contribution in [0.25, 0.3) is 0 Å². The van der Waals surface area contributed by atoms with Crippen molar-refractivity contribution in [1.82, 2.24) is 0 Å². The summed E-state index contributed by atoms with van der Waals surface area (Å²) < 4.78 is 119. The fourth-order valence-electron chi connectivity index (χ4n) is 1.90. The lowest BCUT2D eigenvalue weighted by atomic mass is 9.97. The second-order valence-corrected chi connectivity index (χ2v) is 6.97. The van der Waals surface area contributed by atoms with Crippen molar-refractivity contribution < 1.29 is 44.3 Å². The fraction of sp³-hybridized carbons (Fsp3) is 0.571. The van der Waals surface area contributed by atoms with Crippen molar-refractivity contribution in [3.63, 3.8) is 0 Å². The van der Waals surface area contributed by atoms with Crippen LogP contribution in [-0.2, 0) is 6.42 Å². The average molecular weight is 494 g/mol. The molecule has 144 valence electrons. The van der Waals surface area contributed by atoms with Crippen LogP contribution in [0.5, 0.6) is 5.75 Å². The number of rotatable bonds is 7. The predicted molar refractivity (Wildman–Crippen MR) is 80.0 cm³/mol. The zero-order valence-corrected chi connectivity index (χ0v) is 14.6. The Hall–Kier alpha value is -0.880. The van der Waals surface area contributed by atoms with Crippen molar-refractivity contribution in [2.45, 2.75) is 40.7 Å². The highest BCUT2D eigenvalue weighted by Crippen LogP contribution is 2.54. The molecule has 1 nitrogen and oxygen atoms in total. The monoisotopic (exact) mass is 494 g/mol. The molecule has 0 aliphatic carbocycles. The molecule has 0 bridgehead atoms. The molecule has 0 spiro atoms. The number of halogens is 10. The molecule has 1 aromatic rings. The van der Waals surface area contributed by atoms with E-state index >= 15 is 0 Å². The Balaban J connectivity index is 2.90. The van der Waals surface area contributed by atoms with E-state index in [1.54, 1.807) is 0 Å². The third-order valence-electron chi connectivity index (χ3n) is 3.30. The van der Waals surface area contributed by atoms with E-state index < -0.39 is 34.3 Å². The third-order valence-corrected chi connectivity index (χ3v) is 4.18. The number of hydrogen-bond donors (Lipinski definition) is 0. The van der Waals surface area contributed by atoms with Crippen LogP contribution in [0.3, 0.4) is 0 Å². The van der Waals surface area contributed by atoms with E-state index in [4.69, 9.17) is 4.74 Å². The first-order valence-corrected chi connectivity index (χ1v) is 7.87. The van der Waals surface area contributed by atoms with Crippen molar-refractivity contribution in [3.8, 4) is 5.75 Å². The van der Waals surface area contributed by atoms with E-state index in [0.29, 0.717) is 11.3 Å². The molecule has 0 saturated heterocycles. The maximum Gasteiger partial charge on any atom is 0.460 e. The maximum absolute atomic E-state index is 13.5. The molecule has 0 N–H and O–H groups in total. The molecule has 25 heavy (non-hydrogen) atoms. The standard InChI is InChI=1S/C14H12F9IO/c1-25-10-4-2-8(3-5-10)6-9(24)7-11(15,16)12(17,18)13(19,20)14(21,22)23/h2-5,9H,6-7H2,1H3. The fourth-order valence-corrected chi connectivity index (χ4v) is 2.97. The van der Waals surface area contributed by atoms with Crippen LogP contribution < -0.4 is 4.74 Å². The Bertz CT molecular complexity index is 569. The van der Waals surface area contributed by atoms with Gasteiger partial charge in [0.25, 0.3) is 0 Å². The molecule has 11 heteroatoms. The van der Waals surface area contributed by atoms with E-state index in [-0.39, 0.29) is 6.42 Å². The summed E-state index contributed by atoms with van der Waals surface area (Å²) in [7, 11) is 1.37. The molecule has 0 aliphatic heterocycles. The zero-order valence-electron chi connectivity index (χ0n) is 12.5. The minimum Gasteiger partial charge on any atom is -0.497 e. The van der Waals surface area contributed by atoms with Crippen molar-refractivity contribution in [1.29, 1.82) is 0 Å². The van der Waals surface area contributed by atoms with E-state index in [0.717, 1.165) is 0 Å². The molecule has 1 aromatic carbocycles. The lowest BCUT2D eigenvalue weighted by Gasteiger charge is -2.34. The predicted octanol–water partition coefficient (Wildman–Crippen LogP) is 5.90. The van der Waals surface area contributed by atoms with Crippen LogP contribution >= 0.6 is 22.6 Å². The number of hydrogen-bond acceptors (Lipinski definition) is 1. The van der Waals surface area contributed by atoms with Crippen LogP contribution in [0.1, 0.15) is 12.0 Å². The summed E-state index contributed by atoms with van der Waals surface area (Å²) in [6.07, 6.45) is -8.87. The van der Waals surface area contributed by atoms with Gasteiger partial charge in [0.1, 0.15) is 5.75 Å². The molecule has 1 unspecified atom stereocenters. The molecule has 0 aromatic heterocycles. The van der Waals surface area contributed by atoms with Crippen LogP contribution in [0.15, 0.2) is 24.3 Å². The van der Waals surface area contributed by atoms with Crippen molar-refractivity contribution in [2.75, 3.05) is 7.11 Å².